The van der Waals surface area contributed by atoms with E-state index in [1.807, 2.05) is 0 Å². The van der Waals surface area contributed by atoms with E-state index in [1.54, 1.807) is 0 Å². The normalized spacial score (nSPS) is 12.4. The van der Waals surface area contributed by atoms with Crippen LogP contribution in [-0.4, -0.2) is 24.7 Å². The topological polar surface area (TPSA) is 56.5 Å². The number of hydrogen-bond acceptors (Lipinski definition) is 4. The molecule has 0 radical (unpaired) electrons. The first-order valence-corrected chi connectivity index (χ1v) is 7.59. The fraction of sp³-hybridized carbons (Fsp3) is 0.200. The van der Waals surface area contributed by atoms with Gasteiger partial charge in [-0.1, -0.05) is 17.7 Å². The first-order chi connectivity index (χ1) is 12.5. The molecule has 0 aliphatic carbocycles. The Morgan fingerprint density at radius 3 is 2.15 bits per heavy atom. The molecule has 0 bridgehead atoms. The van der Waals surface area contributed by atoms with Crippen LogP contribution in [0.3, 0.4) is 0 Å². The van der Waals surface area contributed by atoms with E-state index in [0.29, 0.717) is 6.07 Å². The van der Waals surface area contributed by atoms with Gasteiger partial charge in [0, 0.05) is 12.1 Å². The molecule has 3 aromatic rings. The summed E-state index contributed by atoms with van der Waals surface area (Å²) in [6.45, 7) is 0. The predicted molar refractivity (Wildman–Crippen MR) is 81.2 cm³/mol. The average molecular weight is 408 g/mol. The lowest BCUT2D eigenvalue weighted by Gasteiger charge is -2.08. The fourth-order valence-electron chi connectivity index (χ4n) is 2.19. The maximum atomic E-state index is 13.0. The van der Waals surface area contributed by atoms with Gasteiger partial charge in [-0.25, -0.2) is 19.6 Å². The van der Waals surface area contributed by atoms with E-state index < -0.39 is 23.7 Å². The first-order valence-electron chi connectivity index (χ1n) is 7.21. The van der Waals surface area contributed by atoms with Gasteiger partial charge in [0.15, 0.2) is 5.69 Å². The monoisotopic (exact) mass is 407 g/mol. The molecule has 0 N–H and O–H groups in total. The molecule has 0 atom stereocenters. The van der Waals surface area contributed by atoms with Crippen molar-refractivity contribution in [3.63, 3.8) is 0 Å². The summed E-state index contributed by atoms with van der Waals surface area (Å²) < 4.78 is 78.2. The zero-order chi connectivity index (χ0) is 19.8. The molecule has 0 spiro atoms. The molecule has 5 nitrogen and oxygen atoms in total. The largest absolute Gasteiger partial charge is 0.435 e. The molecule has 12 heteroatoms. The zero-order valence-corrected chi connectivity index (χ0v) is 13.8. The number of alkyl halides is 6. The molecule has 0 saturated carbocycles. The third-order valence-electron chi connectivity index (χ3n) is 3.33. The Morgan fingerprint density at radius 1 is 0.926 bits per heavy atom. The van der Waals surface area contributed by atoms with Gasteiger partial charge in [0.05, 0.1) is 23.1 Å². The summed E-state index contributed by atoms with van der Waals surface area (Å²) >= 11 is 5.66. The van der Waals surface area contributed by atoms with Crippen molar-refractivity contribution in [2.75, 3.05) is 0 Å². The van der Waals surface area contributed by atoms with Crippen molar-refractivity contribution in [1.29, 1.82) is 0 Å². The van der Waals surface area contributed by atoms with Crippen LogP contribution in [0.15, 0.2) is 36.7 Å². The molecule has 0 fully saturated rings. The van der Waals surface area contributed by atoms with Gasteiger partial charge in [-0.3, -0.25) is 0 Å². The summed E-state index contributed by atoms with van der Waals surface area (Å²) in [5.74, 6) is -0.211. The molecule has 0 amide bonds. The number of pyridine rings is 1. The Labute approximate surface area is 152 Å². The van der Waals surface area contributed by atoms with Crippen LogP contribution in [0.2, 0.25) is 5.02 Å². The molecule has 0 aromatic carbocycles. The second-order valence-electron chi connectivity index (χ2n) is 5.32. The lowest BCUT2D eigenvalue weighted by molar-refractivity contribution is -0.142. The summed E-state index contributed by atoms with van der Waals surface area (Å²) in [5.41, 5.74) is -2.56. The number of rotatable bonds is 3. The Bertz CT molecular complexity index is 949. The van der Waals surface area contributed by atoms with Crippen molar-refractivity contribution in [3.05, 3.63) is 64.5 Å². The van der Waals surface area contributed by atoms with Crippen molar-refractivity contribution < 1.29 is 26.3 Å². The smallest absolute Gasteiger partial charge is 0.248 e. The Morgan fingerprint density at radius 2 is 1.56 bits per heavy atom. The van der Waals surface area contributed by atoms with E-state index in [2.05, 4.69) is 20.1 Å². The molecule has 3 heterocycles. The van der Waals surface area contributed by atoms with Gasteiger partial charge in [0.1, 0.15) is 5.69 Å². The summed E-state index contributed by atoms with van der Waals surface area (Å²) in [4.78, 5) is 11.0. The summed E-state index contributed by atoms with van der Waals surface area (Å²) in [5, 5.41) is 3.58. The van der Waals surface area contributed by atoms with Crippen LogP contribution in [0.4, 0.5) is 26.3 Å². The van der Waals surface area contributed by atoms with Crippen LogP contribution >= 0.6 is 11.6 Å². The van der Waals surface area contributed by atoms with Gasteiger partial charge in [0.2, 0.25) is 0 Å². The van der Waals surface area contributed by atoms with Crippen molar-refractivity contribution >= 4 is 11.6 Å². The minimum Gasteiger partial charge on any atom is -0.248 e. The van der Waals surface area contributed by atoms with Gasteiger partial charge in [-0.2, -0.15) is 31.4 Å². The fourth-order valence-corrected chi connectivity index (χ4v) is 2.29. The molecule has 0 saturated heterocycles. The summed E-state index contributed by atoms with van der Waals surface area (Å²) in [6.07, 6.45) is -7.46. The summed E-state index contributed by atoms with van der Waals surface area (Å²) in [6, 6.07) is 3.86. The zero-order valence-electron chi connectivity index (χ0n) is 13.1. The lowest BCUT2D eigenvalue weighted by Crippen LogP contribution is -2.11. The lowest BCUT2D eigenvalue weighted by atomic mass is 10.2. The average Bonchev–Trinajstić information content (AvgIpc) is 2.99. The standard InChI is InChI=1S/C15H8ClF6N5/c16-8-6-23-13(24-7-8)27-10(5-12(26-27)15(20,21)22)4-9-2-1-3-11(25-9)14(17,18)19/h1-3,5-7H,4H2. The number of hydrogen-bond donors (Lipinski definition) is 0. The van der Waals surface area contributed by atoms with Gasteiger partial charge >= 0.3 is 12.4 Å². The number of nitrogens with zero attached hydrogens (tertiary/aromatic N) is 5. The Kier molecular flexibility index (Phi) is 4.81. The first kappa shape index (κ1) is 19.1. The van der Waals surface area contributed by atoms with Gasteiger partial charge < -0.3 is 0 Å². The van der Waals surface area contributed by atoms with E-state index in [1.165, 1.54) is 6.07 Å². The molecule has 0 aliphatic heterocycles. The van der Waals surface area contributed by atoms with E-state index in [4.69, 9.17) is 11.6 Å². The van der Waals surface area contributed by atoms with E-state index in [9.17, 15) is 26.3 Å². The van der Waals surface area contributed by atoms with Crippen molar-refractivity contribution in [1.82, 2.24) is 24.7 Å². The van der Waals surface area contributed by atoms with E-state index in [0.717, 1.165) is 29.2 Å². The van der Waals surface area contributed by atoms with Crippen LogP contribution in [-0.2, 0) is 18.8 Å². The van der Waals surface area contributed by atoms with E-state index >= 15 is 0 Å². The molecular formula is C15H8ClF6N5. The van der Waals surface area contributed by atoms with Crippen LogP contribution in [0.5, 0.6) is 0 Å². The third kappa shape index (κ3) is 4.35. The van der Waals surface area contributed by atoms with Gasteiger partial charge in [-0.15, -0.1) is 0 Å². The molecule has 0 aliphatic rings. The highest BCUT2D eigenvalue weighted by Gasteiger charge is 2.36. The SMILES string of the molecule is FC(F)(F)c1cccc(Cc2cc(C(F)(F)F)nn2-c2ncc(Cl)cn2)n1. The Balaban J connectivity index is 2.04. The molecule has 3 rings (SSSR count). The molecule has 27 heavy (non-hydrogen) atoms. The molecule has 0 unspecified atom stereocenters. The highest BCUT2D eigenvalue weighted by molar-refractivity contribution is 6.30. The van der Waals surface area contributed by atoms with Gasteiger partial charge in [-0.05, 0) is 18.2 Å². The minimum absolute atomic E-state index is 0.0866. The molecular weight excluding hydrogens is 400 g/mol. The summed E-state index contributed by atoms with van der Waals surface area (Å²) in [7, 11) is 0. The third-order valence-corrected chi connectivity index (χ3v) is 3.52. The second kappa shape index (κ2) is 6.80. The van der Waals surface area contributed by atoms with Crippen molar-refractivity contribution in [3.8, 4) is 5.95 Å². The molecule has 3 aromatic heterocycles. The number of halogens is 7. The maximum absolute atomic E-state index is 13.0. The van der Waals surface area contributed by atoms with Crippen LogP contribution in [0.1, 0.15) is 22.8 Å². The van der Waals surface area contributed by atoms with Crippen LogP contribution < -0.4 is 0 Å². The Hall–Kier alpha value is -2.69. The molecule has 142 valence electrons. The predicted octanol–water partition coefficient (Wildman–Crippen LogP) is 4.34. The van der Waals surface area contributed by atoms with Crippen LogP contribution in [0, 0.1) is 0 Å². The van der Waals surface area contributed by atoms with Crippen molar-refractivity contribution in [2.45, 2.75) is 18.8 Å². The minimum atomic E-state index is -4.76. The second-order valence-corrected chi connectivity index (χ2v) is 5.76. The van der Waals surface area contributed by atoms with Crippen LogP contribution in [0.25, 0.3) is 5.95 Å². The quantitative estimate of drug-likeness (QED) is 0.606. The highest BCUT2D eigenvalue weighted by Crippen LogP contribution is 2.31. The van der Waals surface area contributed by atoms with Gasteiger partial charge in [0.25, 0.3) is 5.95 Å². The maximum Gasteiger partial charge on any atom is 0.435 e. The van der Waals surface area contributed by atoms with E-state index in [-0.39, 0.29) is 28.8 Å². The van der Waals surface area contributed by atoms with Crippen molar-refractivity contribution in [2.24, 2.45) is 0 Å². The number of aromatic nitrogens is 5. The highest BCUT2D eigenvalue weighted by atomic mass is 35.5.